The van der Waals surface area contributed by atoms with E-state index in [1.54, 1.807) is 19.9 Å². The Bertz CT molecular complexity index is 982. The van der Waals surface area contributed by atoms with E-state index in [1.165, 1.54) is 25.3 Å². The Morgan fingerprint density at radius 2 is 1.94 bits per heavy atom. The van der Waals surface area contributed by atoms with Crippen LogP contribution in [-0.4, -0.2) is 44.7 Å². The number of carbonyl (C=O) groups excluding carboxylic acids is 3. The van der Waals surface area contributed by atoms with Crippen LogP contribution in [0.15, 0.2) is 46.8 Å². The van der Waals surface area contributed by atoms with Crippen molar-refractivity contribution in [3.05, 3.63) is 58.2 Å². The van der Waals surface area contributed by atoms with Crippen LogP contribution in [0.3, 0.4) is 0 Å². The van der Waals surface area contributed by atoms with Crippen molar-refractivity contribution in [1.82, 2.24) is 5.32 Å². The van der Waals surface area contributed by atoms with Gasteiger partial charge in [0.05, 0.1) is 25.2 Å². The average Bonchev–Trinajstić information content (AvgIpc) is 2.75. The topological polar surface area (TPSA) is 90.9 Å². The van der Waals surface area contributed by atoms with E-state index in [0.29, 0.717) is 24.4 Å². The second-order valence-corrected chi connectivity index (χ2v) is 7.89. The normalized spacial score (nSPS) is 22.9. The zero-order chi connectivity index (χ0) is 23.4. The van der Waals surface area contributed by atoms with Crippen molar-refractivity contribution in [1.29, 1.82) is 0 Å². The molecule has 0 amide bonds. The van der Waals surface area contributed by atoms with Crippen molar-refractivity contribution >= 4 is 17.7 Å². The highest BCUT2D eigenvalue weighted by Gasteiger charge is 2.47. The minimum absolute atomic E-state index is 0.0229. The first-order valence-electron chi connectivity index (χ1n) is 10.6. The monoisotopic (exact) mass is 445 g/mol. The number of methoxy groups -OCH3 is 1. The number of allylic oxidation sites excluding steroid dienone is 3. The van der Waals surface area contributed by atoms with Crippen molar-refractivity contribution in [3.63, 3.8) is 0 Å². The minimum atomic E-state index is -1.02. The van der Waals surface area contributed by atoms with Crippen LogP contribution in [0.5, 0.6) is 0 Å². The first-order chi connectivity index (χ1) is 15.3. The standard InChI is InChI=1S/C24H28FNO6/c1-5-31-10-11-32-24(29)19-14(3)26-17-12-13(2)18(23(28)30-4)22(27)21(17)20(19)15-8-6-7-9-16(15)25/h6-9,13,18,20,26H,5,10-12H2,1-4H3/t13-,18+,20+/m1/s1. The van der Waals surface area contributed by atoms with E-state index in [9.17, 15) is 18.8 Å². The van der Waals surface area contributed by atoms with Gasteiger partial charge in [-0.05, 0) is 32.3 Å². The molecule has 7 nitrogen and oxygen atoms in total. The molecule has 172 valence electrons. The van der Waals surface area contributed by atoms with Crippen LogP contribution in [0, 0.1) is 17.7 Å². The van der Waals surface area contributed by atoms with Gasteiger partial charge in [0.25, 0.3) is 0 Å². The molecule has 8 heteroatoms. The Morgan fingerprint density at radius 1 is 1.22 bits per heavy atom. The van der Waals surface area contributed by atoms with Gasteiger partial charge in [-0.25, -0.2) is 9.18 Å². The molecule has 1 N–H and O–H groups in total. The zero-order valence-corrected chi connectivity index (χ0v) is 18.7. The van der Waals surface area contributed by atoms with Gasteiger partial charge in [0, 0.05) is 29.1 Å². The quantitative estimate of drug-likeness (QED) is 0.392. The van der Waals surface area contributed by atoms with Crippen LogP contribution < -0.4 is 5.32 Å². The number of rotatable bonds is 7. The van der Waals surface area contributed by atoms with Crippen LogP contribution in [0.1, 0.15) is 38.7 Å². The summed E-state index contributed by atoms with van der Waals surface area (Å²) >= 11 is 0. The number of carbonyl (C=O) groups is 3. The van der Waals surface area contributed by atoms with E-state index in [0.717, 1.165) is 0 Å². The van der Waals surface area contributed by atoms with Gasteiger partial charge >= 0.3 is 11.9 Å². The van der Waals surface area contributed by atoms with E-state index < -0.39 is 35.4 Å². The van der Waals surface area contributed by atoms with Crippen molar-refractivity contribution < 1.29 is 33.0 Å². The lowest BCUT2D eigenvalue weighted by Crippen LogP contribution is -2.43. The summed E-state index contributed by atoms with van der Waals surface area (Å²) in [5, 5.41) is 3.14. The van der Waals surface area contributed by atoms with Crippen LogP contribution in [-0.2, 0) is 28.6 Å². The van der Waals surface area contributed by atoms with Crippen LogP contribution in [0.2, 0.25) is 0 Å². The Morgan fingerprint density at radius 3 is 2.59 bits per heavy atom. The first kappa shape index (κ1) is 23.7. The van der Waals surface area contributed by atoms with Gasteiger partial charge in [0.2, 0.25) is 0 Å². The lowest BCUT2D eigenvalue weighted by atomic mass is 9.69. The lowest BCUT2D eigenvalue weighted by Gasteiger charge is -2.38. The summed E-state index contributed by atoms with van der Waals surface area (Å²) in [6, 6.07) is 5.99. The molecule has 0 unspecified atom stereocenters. The average molecular weight is 445 g/mol. The Kier molecular flexibility index (Phi) is 7.45. The third-order valence-corrected chi connectivity index (χ3v) is 5.84. The summed E-state index contributed by atoms with van der Waals surface area (Å²) in [7, 11) is 1.23. The number of nitrogens with one attached hydrogen (secondary N) is 1. The smallest absolute Gasteiger partial charge is 0.336 e. The van der Waals surface area contributed by atoms with Gasteiger partial charge in [-0.15, -0.1) is 0 Å². The van der Waals surface area contributed by atoms with E-state index in [2.05, 4.69) is 5.32 Å². The number of ketones is 1. The summed E-state index contributed by atoms with van der Waals surface area (Å²) in [6.45, 7) is 6.04. The molecule has 1 aliphatic carbocycles. The number of hydrogen-bond donors (Lipinski definition) is 1. The van der Waals surface area contributed by atoms with Gasteiger partial charge in [-0.1, -0.05) is 25.1 Å². The largest absolute Gasteiger partial charge is 0.468 e. The summed E-state index contributed by atoms with van der Waals surface area (Å²) in [6.07, 6.45) is 0.385. The maximum Gasteiger partial charge on any atom is 0.336 e. The maximum absolute atomic E-state index is 14.9. The molecular formula is C24H28FNO6. The van der Waals surface area contributed by atoms with Crippen molar-refractivity contribution in [2.75, 3.05) is 26.9 Å². The maximum atomic E-state index is 14.9. The molecule has 0 saturated carbocycles. The Balaban J connectivity index is 2.09. The molecule has 3 rings (SSSR count). The molecule has 1 aromatic rings. The molecule has 32 heavy (non-hydrogen) atoms. The summed E-state index contributed by atoms with van der Waals surface area (Å²) < 4.78 is 30.4. The number of benzene rings is 1. The fraction of sp³-hybridized carbons (Fsp3) is 0.458. The number of Topliss-reactive ketones (excluding diaryl/α,β-unsaturated/α-hetero) is 1. The van der Waals surface area contributed by atoms with E-state index in [4.69, 9.17) is 14.2 Å². The van der Waals surface area contributed by atoms with Crippen molar-refractivity contribution in [2.24, 2.45) is 11.8 Å². The second-order valence-electron chi connectivity index (χ2n) is 7.89. The molecule has 0 spiro atoms. The number of dihydropyridines is 1. The van der Waals surface area contributed by atoms with Crippen LogP contribution in [0.25, 0.3) is 0 Å². The predicted octanol–water partition coefficient (Wildman–Crippen LogP) is 3.02. The number of hydrogen-bond acceptors (Lipinski definition) is 7. The number of esters is 2. The predicted molar refractivity (Wildman–Crippen MR) is 114 cm³/mol. The molecule has 0 saturated heterocycles. The van der Waals surface area contributed by atoms with Crippen molar-refractivity contribution in [3.8, 4) is 0 Å². The molecule has 1 aromatic carbocycles. The lowest BCUT2D eigenvalue weighted by molar-refractivity contribution is -0.151. The molecule has 0 aromatic heterocycles. The molecule has 3 atom stereocenters. The van der Waals surface area contributed by atoms with Gasteiger partial charge in [0.1, 0.15) is 18.3 Å². The van der Waals surface area contributed by atoms with E-state index in [-0.39, 0.29) is 35.8 Å². The Hall–Kier alpha value is -3.00. The highest BCUT2D eigenvalue weighted by atomic mass is 19.1. The van der Waals surface area contributed by atoms with E-state index >= 15 is 0 Å². The van der Waals surface area contributed by atoms with Gasteiger partial charge in [-0.2, -0.15) is 0 Å². The molecule has 2 aliphatic rings. The fourth-order valence-corrected chi connectivity index (χ4v) is 4.39. The highest BCUT2D eigenvalue weighted by Crippen LogP contribution is 2.45. The van der Waals surface area contributed by atoms with Gasteiger partial charge in [0.15, 0.2) is 5.78 Å². The third-order valence-electron chi connectivity index (χ3n) is 5.84. The number of ether oxygens (including phenoxy) is 3. The third kappa shape index (κ3) is 4.46. The van der Waals surface area contributed by atoms with Crippen LogP contribution in [0.4, 0.5) is 4.39 Å². The summed E-state index contributed by atoms with van der Waals surface area (Å²) in [4.78, 5) is 39.0. The summed E-state index contributed by atoms with van der Waals surface area (Å²) in [5.41, 5.74) is 1.57. The minimum Gasteiger partial charge on any atom is -0.468 e. The fourth-order valence-electron chi connectivity index (χ4n) is 4.39. The first-order valence-corrected chi connectivity index (χ1v) is 10.6. The zero-order valence-electron chi connectivity index (χ0n) is 18.7. The van der Waals surface area contributed by atoms with Gasteiger partial charge < -0.3 is 19.5 Å². The van der Waals surface area contributed by atoms with Crippen LogP contribution >= 0.6 is 0 Å². The molecule has 1 aliphatic heterocycles. The highest BCUT2D eigenvalue weighted by molar-refractivity contribution is 6.12. The molecular weight excluding hydrogens is 417 g/mol. The Labute approximate surface area is 186 Å². The van der Waals surface area contributed by atoms with E-state index in [1.807, 2.05) is 6.92 Å². The molecule has 0 fully saturated rings. The molecule has 0 bridgehead atoms. The summed E-state index contributed by atoms with van der Waals surface area (Å²) in [5.74, 6) is -4.68. The molecule has 0 radical (unpaired) electrons. The number of halogens is 1. The SMILES string of the molecule is CCOCCOC(=O)C1=C(C)NC2=C(C(=O)[C@@H](C(=O)OC)[C@H](C)C2)[C@H]1c1ccccc1F. The second kappa shape index (κ2) is 10.1. The molecule has 1 heterocycles. The van der Waals surface area contributed by atoms with Crippen molar-refractivity contribution in [2.45, 2.75) is 33.1 Å². The van der Waals surface area contributed by atoms with Gasteiger partial charge in [-0.3, -0.25) is 9.59 Å².